The Labute approximate surface area is 111 Å². The van der Waals surface area contributed by atoms with Gasteiger partial charge in [0.15, 0.2) is 0 Å². The molecule has 0 spiro atoms. The molecule has 1 aromatic carbocycles. The van der Waals surface area contributed by atoms with Gasteiger partial charge in [-0.25, -0.2) is 9.97 Å². The SMILES string of the molecule is O=C(Nc1ncccn1)c1cccc2c1CCCN2. The molecule has 0 saturated heterocycles. The number of aromatic nitrogens is 2. The average molecular weight is 254 g/mol. The van der Waals surface area contributed by atoms with Gasteiger partial charge in [0.25, 0.3) is 5.91 Å². The van der Waals surface area contributed by atoms with E-state index in [0.29, 0.717) is 11.5 Å². The van der Waals surface area contributed by atoms with E-state index in [0.717, 1.165) is 30.6 Å². The molecule has 0 unspecified atom stereocenters. The van der Waals surface area contributed by atoms with Crippen molar-refractivity contribution in [2.24, 2.45) is 0 Å². The van der Waals surface area contributed by atoms with Gasteiger partial charge < -0.3 is 5.32 Å². The minimum atomic E-state index is -0.160. The average Bonchev–Trinajstić information content (AvgIpc) is 2.47. The molecule has 0 saturated carbocycles. The fraction of sp³-hybridized carbons (Fsp3) is 0.214. The summed E-state index contributed by atoms with van der Waals surface area (Å²) in [4.78, 5) is 20.3. The van der Waals surface area contributed by atoms with Crippen molar-refractivity contribution in [1.29, 1.82) is 0 Å². The Morgan fingerprint density at radius 3 is 2.89 bits per heavy atom. The number of nitrogens with zero attached hydrogens (tertiary/aromatic N) is 2. The molecule has 5 nitrogen and oxygen atoms in total. The van der Waals surface area contributed by atoms with Crippen LogP contribution in [-0.2, 0) is 6.42 Å². The molecule has 1 aromatic heterocycles. The van der Waals surface area contributed by atoms with Gasteiger partial charge in [-0.1, -0.05) is 6.07 Å². The lowest BCUT2D eigenvalue weighted by molar-refractivity contribution is 0.102. The van der Waals surface area contributed by atoms with Crippen LogP contribution in [0.15, 0.2) is 36.7 Å². The molecular formula is C14H14N4O. The van der Waals surface area contributed by atoms with Crippen molar-refractivity contribution in [3.05, 3.63) is 47.8 Å². The molecule has 1 aliphatic rings. The molecule has 0 fully saturated rings. The van der Waals surface area contributed by atoms with E-state index in [1.807, 2.05) is 18.2 Å². The van der Waals surface area contributed by atoms with Crippen LogP contribution in [0.4, 0.5) is 11.6 Å². The van der Waals surface area contributed by atoms with Gasteiger partial charge in [0.1, 0.15) is 0 Å². The van der Waals surface area contributed by atoms with Crippen molar-refractivity contribution in [3.8, 4) is 0 Å². The van der Waals surface area contributed by atoms with Crippen LogP contribution in [0.1, 0.15) is 22.3 Å². The number of fused-ring (bicyclic) bond motifs is 1. The third-order valence-corrected chi connectivity index (χ3v) is 3.13. The maximum Gasteiger partial charge on any atom is 0.258 e. The fourth-order valence-corrected chi connectivity index (χ4v) is 2.26. The van der Waals surface area contributed by atoms with Crippen molar-refractivity contribution in [3.63, 3.8) is 0 Å². The van der Waals surface area contributed by atoms with E-state index < -0.39 is 0 Å². The Hall–Kier alpha value is -2.43. The Morgan fingerprint density at radius 2 is 2.05 bits per heavy atom. The molecule has 96 valence electrons. The van der Waals surface area contributed by atoms with Gasteiger partial charge in [-0.2, -0.15) is 0 Å². The first-order valence-electron chi connectivity index (χ1n) is 6.29. The summed E-state index contributed by atoms with van der Waals surface area (Å²) in [6.45, 7) is 0.958. The number of rotatable bonds is 2. The topological polar surface area (TPSA) is 66.9 Å². The summed E-state index contributed by atoms with van der Waals surface area (Å²) < 4.78 is 0. The second kappa shape index (κ2) is 5.06. The lowest BCUT2D eigenvalue weighted by Crippen LogP contribution is -2.20. The van der Waals surface area contributed by atoms with Gasteiger partial charge in [0.2, 0.25) is 5.95 Å². The van der Waals surface area contributed by atoms with Gasteiger partial charge in [0.05, 0.1) is 0 Å². The summed E-state index contributed by atoms with van der Waals surface area (Å²) >= 11 is 0. The smallest absolute Gasteiger partial charge is 0.258 e. The largest absolute Gasteiger partial charge is 0.385 e. The lowest BCUT2D eigenvalue weighted by atomic mass is 9.97. The highest BCUT2D eigenvalue weighted by Gasteiger charge is 2.17. The summed E-state index contributed by atoms with van der Waals surface area (Å²) in [6.07, 6.45) is 5.16. The quantitative estimate of drug-likeness (QED) is 0.861. The molecular weight excluding hydrogens is 240 g/mol. The van der Waals surface area contributed by atoms with Crippen LogP contribution in [0.3, 0.4) is 0 Å². The normalized spacial score (nSPS) is 13.3. The summed E-state index contributed by atoms with van der Waals surface area (Å²) in [5, 5.41) is 6.03. The molecule has 0 aliphatic carbocycles. The molecule has 2 N–H and O–H groups in total. The van der Waals surface area contributed by atoms with Crippen LogP contribution in [0.25, 0.3) is 0 Å². The van der Waals surface area contributed by atoms with Gasteiger partial charge in [-0.3, -0.25) is 10.1 Å². The standard InChI is InChI=1S/C14H14N4O/c19-13(18-14-16-8-3-9-17-14)11-4-1-6-12-10(11)5-2-7-15-12/h1,3-4,6,8-9,15H,2,5,7H2,(H,16,17,18,19). The zero-order valence-corrected chi connectivity index (χ0v) is 10.4. The number of anilines is 2. The van der Waals surface area contributed by atoms with Crippen LogP contribution in [0, 0.1) is 0 Å². The van der Waals surface area contributed by atoms with E-state index in [1.54, 1.807) is 18.5 Å². The molecule has 19 heavy (non-hydrogen) atoms. The van der Waals surface area contributed by atoms with Crippen LogP contribution in [0.2, 0.25) is 0 Å². The maximum atomic E-state index is 12.3. The number of carbonyl (C=O) groups excluding carboxylic acids is 1. The Morgan fingerprint density at radius 1 is 1.21 bits per heavy atom. The van der Waals surface area contributed by atoms with E-state index in [2.05, 4.69) is 20.6 Å². The predicted molar refractivity (Wildman–Crippen MR) is 73.2 cm³/mol. The molecule has 2 aromatic rings. The first-order chi connectivity index (χ1) is 9.34. The van der Waals surface area contributed by atoms with Crippen molar-refractivity contribution in [2.75, 3.05) is 17.2 Å². The molecule has 5 heteroatoms. The summed E-state index contributed by atoms with van der Waals surface area (Å²) in [5.41, 5.74) is 2.81. The maximum absolute atomic E-state index is 12.3. The molecule has 1 aliphatic heterocycles. The minimum Gasteiger partial charge on any atom is -0.385 e. The molecule has 3 rings (SSSR count). The number of amides is 1. The summed E-state index contributed by atoms with van der Waals surface area (Å²) in [7, 11) is 0. The van der Waals surface area contributed by atoms with Crippen LogP contribution >= 0.6 is 0 Å². The molecule has 0 bridgehead atoms. The van der Waals surface area contributed by atoms with Crippen LogP contribution in [-0.4, -0.2) is 22.4 Å². The zero-order chi connectivity index (χ0) is 13.1. The molecule has 2 heterocycles. The van der Waals surface area contributed by atoms with E-state index >= 15 is 0 Å². The highest BCUT2D eigenvalue weighted by molar-refractivity contribution is 6.05. The first-order valence-corrected chi connectivity index (χ1v) is 6.29. The molecule has 0 radical (unpaired) electrons. The van der Waals surface area contributed by atoms with Crippen LogP contribution in [0.5, 0.6) is 0 Å². The number of hydrogen-bond acceptors (Lipinski definition) is 4. The number of nitrogens with one attached hydrogen (secondary N) is 2. The third kappa shape index (κ3) is 2.40. The van der Waals surface area contributed by atoms with Crippen molar-refractivity contribution >= 4 is 17.5 Å². The van der Waals surface area contributed by atoms with Crippen molar-refractivity contribution in [2.45, 2.75) is 12.8 Å². The van der Waals surface area contributed by atoms with Gasteiger partial charge >= 0.3 is 0 Å². The second-order valence-electron chi connectivity index (χ2n) is 4.39. The minimum absolute atomic E-state index is 0.160. The van der Waals surface area contributed by atoms with E-state index in [1.165, 1.54) is 0 Å². The van der Waals surface area contributed by atoms with Crippen LogP contribution < -0.4 is 10.6 Å². The van der Waals surface area contributed by atoms with E-state index in [-0.39, 0.29) is 5.91 Å². The van der Waals surface area contributed by atoms with Crippen molar-refractivity contribution in [1.82, 2.24) is 9.97 Å². The Balaban J connectivity index is 1.88. The number of hydrogen-bond donors (Lipinski definition) is 2. The number of carbonyl (C=O) groups is 1. The highest BCUT2D eigenvalue weighted by Crippen LogP contribution is 2.25. The van der Waals surface area contributed by atoms with Gasteiger partial charge in [-0.05, 0) is 36.6 Å². The zero-order valence-electron chi connectivity index (χ0n) is 10.4. The predicted octanol–water partition coefficient (Wildman–Crippen LogP) is 2.09. The third-order valence-electron chi connectivity index (χ3n) is 3.13. The van der Waals surface area contributed by atoms with Gasteiger partial charge in [0, 0.05) is 30.2 Å². The lowest BCUT2D eigenvalue weighted by Gasteiger charge is -2.20. The Kier molecular flexibility index (Phi) is 3.10. The second-order valence-corrected chi connectivity index (χ2v) is 4.39. The van der Waals surface area contributed by atoms with E-state index in [9.17, 15) is 4.79 Å². The monoisotopic (exact) mass is 254 g/mol. The molecule has 1 amide bonds. The van der Waals surface area contributed by atoms with E-state index in [4.69, 9.17) is 0 Å². The Bertz CT molecular complexity index is 598. The highest BCUT2D eigenvalue weighted by atomic mass is 16.1. The summed E-state index contributed by atoms with van der Waals surface area (Å²) in [5.74, 6) is 0.167. The fourth-order valence-electron chi connectivity index (χ4n) is 2.26. The van der Waals surface area contributed by atoms with Gasteiger partial charge in [-0.15, -0.1) is 0 Å². The molecule has 0 atom stereocenters. The number of benzene rings is 1. The first kappa shape index (κ1) is 11.6. The van der Waals surface area contributed by atoms with Crippen molar-refractivity contribution < 1.29 is 4.79 Å². The summed E-state index contributed by atoms with van der Waals surface area (Å²) in [6, 6.07) is 7.44.